The number of phenolic OH excluding ortho intramolecular Hbond substituents is 1. The topological polar surface area (TPSA) is 70.1 Å². The van der Waals surface area contributed by atoms with E-state index < -0.39 is 0 Å². The number of carbonyl (C=O) groups excluding carboxylic acids is 2. The van der Waals surface area contributed by atoms with E-state index in [2.05, 4.69) is 4.90 Å². The first-order valence-corrected chi connectivity index (χ1v) is 8.52. The Hall–Kier alpha value is -3.02. The van der Waals surface area contributed by atoms with Gasteiger partial charge < -0.3 is 19.6 Å². The maximum absolute atomic E-state index is 12.7. The van der Waals surface area contributed by atoms with Crippen molar-refractivity contribution in [3.05, 3.63) is 53.6 Å². The molecule has 6 nitrogen and oxygen atoms in total. The molecule has 6 heteroatoms. The summed E-state index contributed by atoms with van der Waals surface area (Å²) in [4.78, 5) is 27.9. The van der Waals surface area contributed by atoms with Gasteiger partial charge in [-0.1, -0.05) is 0 Å². The van der Waals surface area contributed by atoms with E-state index in [9.17, 15) is 14.7 Å². The summed E-state index contributed by atoms with van der Waals surface area (Å²) >= 11 is 0. The summed E-state index contributed by atoms with van der Waals surface area (Å²) in [5.41, 5.74) is 2.01. The number of rotatable bonds is 4. The van der Waals surface area contributed by atoms with Gasteiger partial charge in [-0.15, -0.1) is 0 Å². The number of hydrogen-bond donors (Lipinski definition) is 1. The molecule has 2 aromatic carbocycles. The van der Waals surface area contributed by atoms with Crippen molar-refractivity contribution in [2.45, 2.75) is 6.92 Å². The first-order chi connectivity index (χ1) is 12.5. The van der Waals surface area contributed by atoms with Crippen LogP contribution in [0.15, 0.2) is 42.5 Å². The molecule has 0 bridgehead atoms. The van der Waals surface area contributed by atoms with Crippen molar-refractivity contribution in [1.29, 1.82) is 0 Å². The van der Waals surface area contributed by atoms with E-state index in [4.69, 9.17) is 4.74 Å². The lowest BCUT2D eigenvalue weighted by Crippen LogP contribution is -2.48. The van der Waals surface area contributed by atoms with Crippen LogP contribution in [0.3, 0.4) is 0 Å². The average molecular weight is 354 g/mol. The summed E-state index contributed by atoms with van der Waals surface area (Å²) in [6, 6.07) is 12.2. The van der Waals surface area contributed by atoms with Gasteiger partial charge in [0, 0.05) is 43.5 Å². The molecule has 2 aromatic rings. The molecule has 0 radical (unpaired) electrons. The molecule has 1 saturated heterocycles. The second-order valence-corrected chi connectivity index (χ2v) is 6.27. The molecule has 0 unspecified atom stereocenters. The number of hydrogen-bond acceptors (Lipinski definition) is 5. The predicted molar refractivity (Wildman–Crippen MR) is 99.2 cm³/mol. The van der Waals surface area contributed by atoms with Crippen molar-refractivity contribution in [3.8, 4) is 11.5 Å². The highest BCUT2D eigenvalue weighted by atomic mass is 16.5. The zero-order chi connectivity index (χ0) is 18.7. The van der Waals surface area contributed by atoms with Crippen molar-refractivity contribution in [3.63, 3.8) is 0 Å². The van der Waals surface area contributed by atoms with Crippen molar-refractivity contribution in [2.24, 2.45) is 0 Å². The normalized spacial score (nSPS) is 14.2. The fourth-order valence-electron chi connectivity index (χ4n) is 3.06. The molecule has 0 aromatic heterocycles. The van der Waals surface area contributed by atoms with Crippen LogP contribution in [0, 0.1) is 0 Å². The number of aromatic hydroxyl groups is 1. The quantitative estimate of drug-likeness (QED) is 0.855. The lowest BCUT2D eigenvalue weighted by molar-refractivity contribution is 0.0743. The summed E-state index contributed by atoms with van der Waals surface area (Å²) in [5.74, 6) is 0.303. The molecule has 1 aliphatic rings. The molecule has 0 atom stereocenters. The minimum absolute atomic E-state index is 0.0475. The van der Waals surface area contributed by atoms with E-state index in [1.807, 2.05) is 24.3 Å². The highest BCUT2D eigenvalue weighted by Gasteiger charge is 2.24. The molecule has 1 fully saturated rings. The minimum Gasteiger partial charge on any atom is -0.507 e. The van der Waals surface area contributed by atoms with E-state index >= 15 is 0 Å². The Labute approximate surface area is 152 Å². The summed E-state index contributed by atoms with van der Waals surface area (Å²) in [6.45, 7) is 4.08. The Balaban J connectivity index is 1.64. The third-order valence-electron chi connectivity index (χ3n) is 4.64. The van der Waals surface area contributed by atoms with Crippen LogP contribution in [0.25, 0.3) is 0 Å². The number of ether oxygens (including phenoxy) is 1. The van der Waals surface area contributed by atoms with Crippen LogP contribution in [-0.4, -0.2) is 55.0 Å². The standard InChI is InChI=1S/C20H22N2O4/c1-14(23)15-3-5-16(6-4-15)21-9-11-22(12-10-21)20(25)18-8-7-17(26-2)13-19(18)24/h3-8,13,24H,9-12H2,1-2H3. The van der Waals surface area contributed by atoms with E-state index in [1.165, 1.54) is 13.2 Å². The summed E-state index contributed by atoms with van der Waals surface area (Å²) in [5, 5.41) is 10.1. The number of methoxy groups -OCH3 is 1. The van der Waals surface area contributed by atoms with Gasteiger partial charge in [-0.2, -0.15) is 0 Å². The maximum atomic E-state index is 12.7. The Morgan fingerprint density at radius 3 is 2.19 bits per heavy atom. The van der Waals surface area contributed by atoms with E-state index in [0.29, 0.717) is 37.5 Å². The average Bonchev–Trinajstić information content (AvgIpc) is 2.67. The molecule has 3 rings (SSSR count). The van der Waals surface area contributed by atoms with E-state index in [-0.39, 0.29) is 23.0 Å². The van der Waals surface area contributed by atoms with Gasteiger partial charge in [0.1, 0.15) is 11.5 Å². The van der Waals surface area contributed by atoms with Crippen molar-refractivity contribution in [1.82, 2.24) is 4.90 Å². The van der Waals surface area contributed by atoms with Crippen LogP contribution in [-0.2, 0) is 0 Å². The van der Waals surface area contributed by atoms with Crippen molar-refractivity contribution < 1.29 is 19.4 Å². The maximum Gasteiger partial charge on any atom is 0.257 e. The molecular weight excluding hydrogens is 332 g/mol. The van der Waals surface area contributed by atoms with Crippen LogP contribution >= 0.6 is 0 Å². The van der Waals surface area contributed by atoms with Gasteiger partial charge >= 0.3 is 0 Å². The monoisotopic (exact) mass is 354 g/mol. The third kappa shape index (κ3) is 3.64. The SMILES string of the molecule is COc1ccc(C(=O)N2CCN(c3ccc(C(C)=O)cc3)CC2)c(O)c1. The number of Topliss-reactive ketones (excluding diaryl/α,β-unsaturated/α-hetero) is 1. The lowest BCUT2D eigenvalue weighted by Gasteiger charge is -2.36. The number of benzene rings is 2. The largest absolute Gasteiger partial charge is 0.507 e. The second-order valence-electron chi connectivity index (χ2n) is 6.27. The smallest absolute Gasteiger partial charge is 0.257 e. The summed E-state index contributed by atoms with van der Waals surface area (Å²) in [6.07, 6.45) is 0. The van der Waals surface area contributed by atoms with Crippen LogP contribution < -0.4 is 9.64 Å². The Kier molecular flexibility index (Phi) is 5.11. The van der Waals surface area contributed by atoms with Crippen molar-refractivity contribution in [2.75, 3.05) is 38.2 Å². The Bertz CT molecular complexity index is 809. The van der Waals surface area contributed by atoms with Crippen LogP contribution in [0.1, 0.15) is 27.6 Å². The molecule has 0 spiro atoms. The van der Waals surface area contributed by atoms with Crippen LogP contribution in [0.2, 0.25) is 0 Å². The first kappa shape index (κ1) is 17.8. The van der Waals surface area contributed by atoms with Crippen LogP contribution in [0.4, 0.5) is 5.69 Å². The van der Waals surface area contributed by atoms with Gasteiger partial charge in [-0.05, 0) is 43.3 Å². The highest BCUT2D eigenvalue weighted by molar-refractivity contribution is 5.97. The van der Waals surface area contributed by atoms with Crippen molar-refractivity contribution >= 4 is 17.4 Å². The van der Waals surface area contributed by atoms with Gasteiger partial charge in [0.15, 0.2) is 5.78 Å². The lowest BCUT2D eigenvalue weighted by atomic mass is 10.1. The van der Waals surface area contributed by atoms with Gasteiger partial charge in [0.2, 0.25) is 0 Å². The van der Waals surface area contributed by atoms with E-state index in [1.54, 1.807) is 24.0 Å². The van der Waals surface area contributed by atoms with Crippen LogP contribution in [0.5, 0.6) is 11.5 Å². The number of piperazine rings is 1. The van der Waals surface area contributed by atoms with Gasteiger partial charge in [-0.25, -0.2) is 0 Å². The molecule has 1 heterocycles. The van der Waals surface area contributed by atoms with E-state index in [0.717, 1.165) is 5.69 Å². The number of nitrogens with zero attached hydrogens (tertiary/aromatic N) is 2. The molecular formula is C20H22N2O4. The summed E-state index contributed by atoms with van der Waals surface area (Å²) in [7, 11) is 1.51. The minimum atomic E-state index is -0.184. The number of phenols is 1. The summed E-state index contributed by atoms with van der Waals surface area (Å²) < 4.78 is 5.05. The molecule has 1 N–H and O–H groups in total. The molecule has 1 amide bonds. The molecule has 26 heavy (non-hydrogen) atoms. The third-order valence-corrected chi connectivity index (χ3v) is 4.64. The zero-order valence-electron chi connectivity index (χ0n) is 14.9. The molecule has 1 aliphatic heterocycles. The number of carbonyl (C=O) groups is 2. The van der Waals surface area contributed by atoms with Gasteiger partial charge in [-0.3, -0.25) is 9.59 Å². The Morgan fingerprint density at radius 1 is 1.00 bits per heavy atom. The first-order valence-electron chi connectivity index (χ1n) is 8.52. The van der Waals surface area contributed by atoms with Gasteiger partial charge in [0.25, 0.3) is 5.91 Å². The van der Waals surface area contributed by atoms with Gasteiger partial charge in [0.05, 0.1) is 12.7 Å². The Morgan fingerprint density at radius 2 is 1.65 bits per heavy atom. The number of ketones is 1. The second kappa shape index (κ2) is 7.47. The zero-order valence-corrected chi connectivity index (χ0v) is 14.9. The highest BCUT2D eigenvalue weighted by Crippen LogP contribution is 2.25. The predicted octanol–water partition coefficient (Wildman–Crippen LogP) is 2.57. The number of anilines is 1. The molecule has 0 aliphatic carbocycles. The molecule has 136 valence electrons. The fourth-order valence-corrected chi connectivity index (χ4v) is 3.06. The number of amides is 1. The molecule has 0 saturated carbocycles. The fraction of sp³-hybridized carbons (Fsp3) is 0.300.